The number of methoxy groups -OCH3 is 4. The van der Waals surface area contributed by atoms with E-state index in [4.69, 9.17) is 33.2 Å². The summed E-state index contributed by atoms with van der Waals surface area (Å²) < 4.78 is 38.8. The second kappa shape index (κ2) is 7.64. The van der Waals surface area contributed by atoms with Crippen molar-refractivity contribution in [3.63, 3.8) is 0 Å². The van der Waals surface area contributed by atoms with Crippen LogP contribution in [0.5, 0.6) is 34.5 Å². The van der Waals surface area contributed by atoms with Gasteiger partial charge in [-0.15, -0.1) is 0 Å². The third kappa shape index (κ3) is 3.24. The summed E-state index contributed by atoms with van der Waals surface area (Å²) >= 11 is 3.42. The number of hydrogen-bond acceptors (Lipinski definition) is 8. The van der Waals surface area contributed by atoms with Crippen molar-refractivity contribution in [2.75, 3.05) is 35.2 Å². The van der Waals surface area contributed by atoms with E-state index in [1.165, 1.54) is 28.4 Å². The van der Waals surface area contributed by atoms with Gasteiger partial charge in [-0.3, -0.25) is 4.79 Å². The topological polar surface area (TPSA) is 85.0 Å². The van der Waals surface area contributed by atoms with Gasteiger partial charge in [0.05, 0.1) is 28.4 Å². The monoisotopic (exact) mass is 466 g/mol. The highest BCUT2D eigenvalue weighted by Crippen LogP contribution is 2.55. The van der Waals surface area contributed by atoms with E-state index in [1.807, 2.05) is 0 Å². The zero-order chi connectivity index (χ0) is 20.7. The number of carbonyl (C=O) groups is 1. The number of benzene rings is 2. The molecule has 154 valence electrons. The Bertz CT molecular complexity index is 974. The van der Waals surface area contributed by atoms with E-state index in [-0.39, 0.29) is 12.6 Å². The molecule has 4 rings (SSSR count). The van der Waals surface area contributed by atoms with Gasteiger partial charge in [0.15, 0.2) is 34.9 Å². The van der Waals surface area contributed by atoms with E-state index in [2.05, 4.69) is 15.9 Å². The van der Waals surface area contributed by atoms with E-state index in [9.17, 15) is 4.79 Å². The summed E-state index contributed by atoms with van der Waals surface area (Å²) in [7, 11) is 6.08. The molecule has 2 aromatic carbocycles. The molecule has 2 atom stereocenters. The predicted octanol–water partition coefficient (Wildman–Crippen LogP) is 3.54. The first-order valence-corrected chi connectivity index (χ1v) is 9.49. The van der Waals surface area contributed by atoms with Gasteiger partial charge in [0.25, 0.3) is 0 Å². The van der Waals surface area contributed by atoms with Crippen LogP contribution in [0.25, 0.3) is 0 Å². The first kappa shape index (κ1) is 19.7. The van der Waals surface area contributed by atoms with Crippen molar-refractivity contribution in [1.82, 2.24) is 0 Å². The van der Waals surface area contributed by atoms with Gasteiger partial charge >= 0.3 is 0 Å². The van der Waals surface area contributed by atoms with Crippen molar-refractivity contribution >= 4 is 21.7 Å². The highest BCUT2D eigenvalue weighted by molar-refractivity contribution is 9.10. The number of ether oxygens (including phenoxy) is 7. The van der Waals surface area contributed by atoms with Crippen molar-refractivity contribution in [2.45, 2.75) is 12.2 Å². The molecule has 0 aromatic heterocycles. The van der Waals surface area contributed by atoms with Crippen LogP contribution in [0, 0.1) is 0 Å². The van der Waals surface area contributed by atoms with E-state index >= 15 is 0 Å². The molecule has 2 aliphatic rings. The molecule has 1 saturated heterocycles. The summed E-state index contributed by atoms with van der Waals surface area (Å²) in [6, 6.07) is 5.07. The van der Waals surface area contributed by atoms with Crippen LogP contribution in [-0.2, 0) is 4.74 Å². The molecule has 9 heteroatoms. The van der Waals surface area contributed by atoms with Gasteiger partial charge in [0.2, 0.25) is 18.3 Å². The standard InChI is InChI=1S/C20H19BrO8/c1-23-12-5-9(11(21)7-13(12)24-2)15(22)19-17(29-19)10-6-14-18(28-8-27-14)20(26-4)16(10)25-3/h5-7,17,19H,8H2,1-4H3/t17-,19-/m0/s1. The minimum absolute atomic E-state index is 0.0881. The maximum absolute atomic E-state index is 13.1. The van der Waals surface area contributed by atoms with Crippen LogP contribution in [0.4, 0.5) is 0 Å². The highest BCUT2D eigenvalue weighted by atomic mass is 79.9. The second-order valence-corrected chi connectivity index (χ2v) is 7.15. The lowest BCUT2D eigenvalue weighted by Crippen LogP contribution is -2.10. The maximum atomic E-state index is 13.1. The zero-order valence-electron chi connectivity index (χ0n) is 16.2. The number of ketones is 1. The molecule has 0 unspecified atom stereocenters. The average Bonchev–Trinajstić information content (AvgIpc) is 3.40. The average molecular weight is 467 g/mol. The summed E-state index contributed by atoms with van der Waals surface area (Å²) in [6.45, 7) is 0.0881. The molecule has 1 fully saturated rings. The van der Waals surface area contributed by atoms with E-state index in [0.717, 1.165) is 0 Å². The van der Waals surface area contributed by atoms with Crippen LogP contribution >= 0.6 is 15.9 Å². The van der Waals surface area contributed by atoms with Crippen LogP contribution < -0.4 is 28.4 Å². The molecule has 0 amide bonds. The molecular weight excluding hydrogens is 448 g/mol. The van der Waals surface area contributed by atoms with Crippen LogP contribution in [0.1, 0.15) is 22.0 Å². The van der Waals surface area contributed by atoms with Gasteiger partial charge in [-0.25, -0.2) is 0 Å². The summed E-state index contributed by atoms with van der Waals surface area (Å²) in [5.74, 6) is 2.63. The fourth-order valence-electron chi connectivity index (χ4n) is 3.37. The van der Waals surface area contributed by atoms with Gasteiger partial charge in [0.1, 0.15) is 6.10 Å². The number of rotatable bonds is 7. The van der Waals surface area contributed by atoms with Crippen LogP contribution in [0.2, 0.25) is 0 Å². The van der Waals surface area contributed by atoms with Crippen LogP contribution in [0.15, 0.2) is 22.7 Å². The Hall–Kier alpha value is -2.65. The van der Waals surface area contributed by atoms with Gasteiger partial charge in [-0.1, -0.05) is 0 Å². The largest absolute Gasteiger partial charge is 0.493 e. The van der Waals surface area contributed by atoms with Crippen molar-refractivity contribution in [1.29, 1.82) is 0 Å². The molecule has 0 saturated carbocycles. The maximum Gasteiger partial charge on any atom is 0.231 e. The molecule has 0 bridgehead atoms. The smallest absolute Gasteiger partial charge is 0.231 e. The Balaban J connectivity index is 1.67. The molecule has 2 aliphatic heterocycles. The Morgan fingerprint density at radius 2 is 1.66 bits per heavy atom. The molecular formula is C20H19BrO8. The Morgan fingerprint density at radius 3 is 2.31 bits per heavy atom. The van der Waals surface area contributed by atoms with Crippen molar-refractivity contribution < 1.29 is 38.0 Å². The minimum Gasteiger partial charge on any atom is -0.493 e. The molecule has 29 heavy (non-hydrogen) atoms. The summed E-state index contributed by atoms with van der Waals surface area (Å²) in [4.78, 5) is 13.1. The van der Waals surface area contributed by atoms with E-state index in [1.54, 1.807) is 18.2 Å². The zero-order valence-corrected chi connectivity index (χ0v) is 17.8. The molecule has 0 spiro atoms. The lowest BCUT2D eigenvalue weighted by atomic mass is 10.0. The Labute approximate surface area is 175 Å². The number of halogens is 1. The van der Waals surface area contributed by atoms with Crippen LogP contribution in [-0.4, -0.2) is 47.1 Å². The summed E-state index contributed by atoms with van der Waals surface area (Å²) in [6.07, 6.45) is -1.18. The predicted molar refractivity (Wildman–Crippen MR) is 105 cm³/mol. The molecule has 8 nitrogen and oxygen atoms in total. The lowest BCUT2D eigenvalue weighted by molar-refractivity contribution is 0.0952. The van der Waals surface area contributed by atoms with E-state index in [0.29, 0.717) is 50.1 Å². The normalized spacial score (nSPS) is 18.9. The fourth-order valence-corrected chi connectivity index (χ4v) is 3.88. The number of Topliss-reactive ketones (excluding diaryl/α,β-unsaturated/α-hetero) is 1. The van der Waals surface area contributed by atoms with Crippen molar-refractivity contribution in [3.8, 4) is 34.5 Å². The number of carbonyl (C=O) groups excluding carboxylic acids is 1. The van der Waals surface area contributed by atoms with E-state index < -0.39 is 12.2 Å². The Morgan fingerprint density at radius 1 is 0.966 bits per heavy atom. The Kier molecular flexibility index (Phi) is 5.18. The van der Waals surface area contributed by atoms with Crippen LogP contribution in [0.3, 0.4) is 0 Å². The van der Waals surface area contributed by atoms with Gasteiger partial charge in [-0.2, -0.15) is 0 Å². The third-order valence-electron chi connectivity index (χ3n) is 4.81. The second-order valence-electron chi connectivity index (χ2n) is 6.29. The number of fused-ring (bicyclic) bond motifs is 1. The van der Waals surface area contributed by atoms with Crippen molar-refractivity contribution in [2.24, 2.45) is 0 Å². The quantitative estimate of drug-likeness (QED) is 0.452. The molecule has 0 aliphatic carbocycles. The molecule has 0 radical (unpaired) electrons. The fraction of sp³-hybridized carbons (Fsp3) is 0.350. The summed E-state index contributed by atoms with van der Waals surface area (Å²) in [5, 5.41) is 0. The number of epoxide rings is 1. The number of hydrogen-bond donors (Lipinski definition) is 0. The SMILES string of the molecule is COc1cc(Br)c(C(=O)[C@@H]2O[C@H]2c2cc3c(c(OC)c2OC)OCO3)cc1OC. The highest BCUT2D eigenvalue weighted by Gasteiger charge is 2.49. The third-order valence-corrected chi connectivity index (χ3v) is 5.46. The minimum atomic E-state index is -0.677. The summed E-state index contributed by atoms with van der Waals surface area (Å²) in [5.41, 5.74) is 1.09. The van der Waals surface area contributed by atoms with Gasteiger partial charge in [-0.05, 0) is 34.1 Å². The van der Waals surface area contributed by atoms with Gasteiger partial charge in [0, 0.05) is 15.6 Å². The molecule has 2 heterocycles. The molecule has 0 N–H and O–H groups in total. The van der Waals surface area contributed by atoms with Gasteiger partial charge < -0.3 is 33.2 Å². The lowest BCUT2D eigenvalue weighted by Gasteiger charge is -2.14. The first-order chi connectivity index (χ1) is 14.0. The van der Waals surface area contributed by atoms with Crippen molar-refractivity contribution in [3.05, 3.63) is 33.8 Å². The first-order valence-electron chi connectivity index (χ1n) is 8.69. The molecule has 2 aromatic rings.